The molecule has 0 fully saturated rings. The van der Waals surface area contributed by atoms with E-state index in [1.807, 2.05) is 12.2 Å². The average Bonchev–Trinajstić information content (AvgIpc) is 2.94. The van der Waals surface area contributed by atoms with Gasteiger partial charge in [0.05, 0.1) is 0 Å². The van der Waals surface area contributed by atoms with Crippen molar-refractivity contribution in [3.05, 3.63) is 71.8 Å². The number of fused-ring (bicyclic) bond motifs is 3. The highest BCUT2D eigenvalue weighted by Gasteiger charge is 2.42. The van der Waals surface area contributed by atoms with Crippen LogP contribution < -0.4 is 0 Å². The van der Waals surface area contributed by atoms with Crippen LogP contribution in [0.5, 0.6) is 0 Å². The SMILES string of the molecule is C=Cc1ccc2c(c1)C(CCC)(CCCCCC)c1cc(C=C)ccc1-2. The van der Waals surface area contributed by atoms with E-state index in [1.165, 1.54) is 78.3 Å². The Morgan fingerprint density at radius 2 is 1.31 bits per heavy atom. The summed E-state index contributed by atoms with van der Waals surface area (Å²) in [4.78, 5) is 0. The molecule has 0 aromatic heterocycles. The smallest absolute Gasteiger partial charge is 0.0215 e. The number of unbranched alkanes of at least 4 members (excludes halogenated alkanes) is 3. The fraction of sp³-hybridized carbons (Fsp3) is 0.385. The molecular weight excluding hydrogens is 312 g/mol. The third-order valence-corrected chi connectivity index (χ3v) is 6.01. The van der Waals surface area contributed by atoms with Gasteiger partial charge in [-0.3, -0.25) is 0 Å². The molecule has 0 atom stereocenters. The van der Waals surface area contributed by atoms with Crippen LogP contribution in [0.15, 0.2) is 49.6 Å². The van der Waals surface area contributed by atoms with Crippen LogP contribution in [0, 0.1) is 0 Å². The highest BCUT2D eigenvalue weighted by Crippen LogP contribution is 2.54. The van der Waals surface area contributed by atoms with Crippen LogP contribution in [0.25, 0.3) is 23.3 Å². The summed E-state index contributed by atoms with van der Waals surface area (Å²) >= 11 is 0. The third-order valence-electron chi connectivity index (χ3n) is 6.01. The Hall–Kier alpha value is -2.08. The molecule has 26 heavy (non-hydrogen) atoms. The summed E-state index contributed by atoms with van der Waals surface area (Å²) in [6, 6.07) is 13.8. The van der Waals surface area contributed by atoms with Crippen molar-refractivity contribution in [2.24, 2.45) is 0 Å². The highest BCUT2D eigenvalue weighted by atomic mass is 14.4. The van der Waals surface area contributed by atoms with Gasteiger partial charge in [0.2, 0.25) is 0 Å². The van der Waals surface area contributed by atoms with E-state index in [0.717, 1.165) is 0 Å². The van der Waals surface area contributed by atoms with Gasteiger partial charge in [0.25, 0.3) is 0 Å². The Bertz CT molecular complexity index is 736. The van der Waals surface area contributed by atoms with Crippen LogP contribution in [0.1, 0.15) is 81.0 Å². The fourth-order valence-corrected chi connectivity index (χ4v) is 4.73. The Kier molecular flexibility index (Phi) is 5.81. The van der Waals surface area contributed by atoms with Crippen molar-refractivity contribution >= 4 is 12.2 Å². The molecule has 0 bridgehead atoms. The molecule has 0 saturated carbocycles. The molecule has 0 unspecified atom stereocenters. The lowest BCUT2D eigenvalue weighted by molar-refractivity contribution is 0.416. The molecule has 3 rings (SSSR count). The molecule has 0 radical (unpaired) electrons. The summed E-state index contributed by atoms with van der Waals surface area (Å²) in [5, 5.41) is 0. The molecular formula is C26H32. The number of hydrogen-bond donors (Lipinski definition) is 0. The molecule has 1 aliphatic carbocycles. The summed E-state index contributed by atoms with van der Waals surface area (Å²) in [6.07, 6.45) is 12.8. The van der Waals surface area contributed by atoms with Gasteiger partial charge < -0.3 is 0 Å². The standard InChI is InChI=1S/C26H32/c1-5-9-10-11-17-26(16-6-2)24-18-20(7-3)12-14-22(24)23-15-13-21(8-4)19-25(23)26/h7-8,12-15,18-19H,3-6,9-11,16-17H2,1-2H3. The molecule has 2 aromatic rings. The summed E-state index contributed by atoms with van der Waals surface area (Å²) in [5.74, 6) is 0. The maximum absolute atomic E-state index is 4.00. The van der Waals surface area contributed by atoms with E-state index in [1.54, 1.807) is 0 Å². The molecule has 0 heteroatoms. The van der Waals surface area contributed by atoms with Gasteiger partial charge in [-0.2, -0.15) is 0 Å². The summed E-state index contributed by atoms with van der Waals surface area (Å²) in [5.41, 5.74) is 8.49. The summed E-state index contributed by atoms with van der Waals surface area (Å²) < 4.78 is 0. The Balaban J connectivity index is 2.16. The van der Waals surface area contributed by atoms with Gasteiger partial charge >= 0.3 is 0 Å². The van der Waals surface area contributed by atoms with Crippen LogP contribution in [0.3, 0.4) is 0 Å². The monoisotopic (exact) mass is 344 g/mol. The van der Waals surface area contributed by atoms with Crippen molar-refractivity contribution < 1.29 is 0 Å². The fourth-order valence-electron chi connectivity index (χ4n) is 4.73. The molecule has 0 saturated heterocycles. The second kappa shape index (κ2) is 8.08. The lowest BCUT2D eigenvalue weighted by Gasteiger charge is -2.33. The Labute approximate surface area is 159 Å². The van der Waals surface area contributed by atoms with Crippen molar-refractivity contribution in [2.75, 3.05) is 0 Å². The van der Waals surface area contributed by atoms with Gasteiger partial charge in [-0.25, -0.2) is 0 Å². The second-order valence-corrected chi connectivity index (χ2v) is 7.66. The average molecular weight is 345 g/mol. The van der Waals surface area contributed by atoms with Crippen LogP contribution in [0.4, 0.5) is 0 Å². The van der Waals surface area contributed by atoms with Gasteiger partial charge in [-0.15, -0.1) is 0 Å². The largest absolute Gasteiger partial charge is 0.0985 e. The van der Waals surface area contributed by atoms with E-state index < -0.39 is 0 Å². The molecule has 0 spiro atoms. The first kappa shape index (κ1) is 18.7. The van der Waals surface area contributed by atoms with E-state index in [-0.39, 0.29) is 5.41 Å². The van der Waals surface area contributed by atoms with Crippen molar-refractivity contribution in [1.29, 1.82) is 0 Å². The van der Waals surface area contributed by atoms with Gasteiger partial charge in [-0.1, -0.05) is 108 Å². The van der Waals surface area contributed by atoms with Gasteiger partial charge in [0, 0.05) is 5.41 Å². The summed E-state index contributed by atoms with van der Waals surface area (Å²) in [6.45, 7) is 12.6. The second-order valence-electron chi connectivity index (χ2n) is 7.66. The van der Waals surface area contributed by atoms with Crippen molar-refractivity contribution in [2.45, 2.75) is 64.2 Å². The molecule has 0 N–H and O–H groups in total. The lowest BCUT2D eigenvalue weighted by Crippen LogP contribution is -2.25. The van der Waals surface area contributed by atoms with E-state index in [2.05, 4.69) is 63.4 Å². The zero-order chi connectivity index (χ0) is 18.6. The molecule has 136 valence electrons. The van der Waals surface area contributed by atoms with E-state index in [9.17, 15) is 0 Å². The van der Waals surface area contributed by atoms with Crippen LogP contribution in [-0.4, -0.2) is 0 Å². The molecule has 0 aliphatic heterocycles. The minimum Gasteiger partial charge on any atom is -0.0985 e. The Morgan fingerprint density at radius 1 is 0.731 bits per heavy atom. The van der Waals surface area contributed by atoms with Gasteiger partial charge in [-0.05, 0) is 46.2 Å². The van der Waals surface area contributed by atoms with Gasteiger partial charge in [0.1, 0.15) is 0 Å². The zero-order valence-electron chi connectivity index (χ0n) is 16.5. The molecule has 2 aromatic carbocycles. The number of benzene rings is 2. The molecule has 0 nitrogen and oxygen atoms in total. The van der Waals surface area contributed by atoms with Crippen LogP contribution in [-0.2, 0) is 5.41 Å². The summed E-state index contributed by atoms with van der Waals surface area (Å²) in [7, 11) is 0. The third kappa shape index (κ3) is 3.18. The maximum Gasteiger partial charge on any atom is 0.0215 e. The first-order valence-corrected chi connectivity index (χ1v) is 10.2. The van der Waals surface area contributed by atoms with E-state index >= 15 is 0 Å². The minimum atomic E-state index is 0.144. The predicted octanol–water partition coefficient (Wildman–Crippen LogP) is 8.01. The number of hydrogen-bond acceptors (Lipinski definition) is 0. The predicted molar refractivity (Wildman–Crippen MR) is 117 cm³/mol. The maximum atomic E-state index is 4.00. The first-order chi connectivity index (χ1) is 12.7. The molecule has 0 heterocycles. The Morgan fingerprint density at radius 3 is 1.77 bits per heavy atom. The topological polar surface area (TPSA) is 0 Å². The lowest BCUT2D eigenvalue weighted by atomic mass is 9.70. The van der Waals surface area contributed by atoms with E-state index in [0.29, 0.717) is 0 Å². The van der Waals surface area contributed by atoms with Crippen molar-refractivity contribution in [1.82, 2.24) is 0 Å². The first-order valence-electron chi connectivity index (χ1n) is 10.2. The molecule has 1 aliphatic rings. The van der Waals surface area contributed by atoms with Gasteiger partial charge in [0.15, 0.2) is 0 Å². The van der Waals surface area contributed by atoms with Crippen molar-refractivity contribution in [3.63, 3.8) is 0 Å². The zero-order valence-corrected chi connectivity index (χ0v) is 16.5. The molecule has 0 amide bonds. The quantitative estimate of drug-likeness (QED) is 0.404. The van der Waals surface area contributed by atoms with Crippen LogP contribution >= 0.6 is 0 Å². The van der Waals surface area contributed by atoms with E-state index in [4.69, 9.17) is 0 Å². The normalized spacial score (nSPS) is 13.9. The minimum absolute atomic E-state index is 0.144. The van der Waals surface area contributed by atoms with Crippen molar-refractivity contribution in [3.8, 4) is 11.1 Å². The number of rotatable bonds is 9. The van der Waals surface area contributed by atoms with Crippen LogP contribution in [0.2, 0.25) is 0 Å². The highest BCUT2D eigenvalue weighted by molar-refractivity contribution is 5.83.